The molecule has 0 heterocycles. The zero-order chi connectivity index (χ0) is 21.0. The van der Waals surface area contributed by atoms with E-state index in [0.717, 1.165) is 23.1 Å². The second kappa shape index (κ2) is 8.68. The van der Waals surface area contributed by atoms with Gasteiger partial charge in [-0.05, 0) is 42.0 Å². The Balaban J connectivity index is 1.87. The summed E-state index contributed by atoms with van der Waals surface area (Å²) >= 11 is 5.95. The third-order valence-electron chi connectivity index (χ3n) is 4.37. The van der Waals surface area contributed by atoms with Crippen LogP contribution in [0.3, 0.4) is 0 Å². The summed E-state index contributed by atoms with van der Waals surface area (Å²) in [6.07, 6.45) is 1.70. The number of amides is 1. The highest BCUT2D eigenvalue weighted by Crippen LogP contribution is 2.27. The van der Waals surface area contributed by atoms with Gasteiger partial charge in [-0.1, -0.05) is 41.9 Å². The fourth-order valence-corrected chi connectivity index (χ4v) is 4.24. The summed E-state index contributed by atoms with van der Waals surface area (Å²) in [6.45, 7) is 0. The number of nitrogens with one attached hydrogen (secondary N) is 1. The lowest BCUT2D eigenvalue weighted by Gasteiger charge is -2.12. The first-order chi connectivity index (χ1) is 13.8. The highest BCUT2D eigenvalue weighted by atomic mass is 35.5. The summed E-state index contributed by atoms with van der Waals surface area (Å²) in [5.41, 5.74) is 2.82. The van der Waals surface area contributed by atoms with Gasteiger partial charge in [0, 0.05) is 29.5 Å². The van der Waals surface area contributed by atoms with Crippen molar-refractivity contribution in [2.75, 3.05) is 18.7 Å². The van der Waals surface area contributed by atoms with Crippen LogP contribution in [0.25, 0.3) is 0 Å². The second-order valence-corrected chi connectivity index (χ2v) is 8.95. The Kier molecular flexibility index (Phi) is 6.25. The molecule has 5 nitrogen and oxygen atoms in total. The number of benzene rings is 3. The number of methoxy groups -OCH3 is 1. The topological polar surface area (TPSA) is 72.5 Å². The molecule has 0 aliphatic heterocycles. The number of halogens is 1. The number of carbonyl (C=O) groups excluding carboxylic acids is 1. The molecule has 0 saturated heterocycles. The van der Waals surface area contributed by atoms with E-state index in [0.29, 0.717) is 12.1 Å². The minimum absolute atomic E-state index is 0.0775. The molecule has 0 unspecified atom stereocenters. The lowest BCUT2D eigenvalue weighted by atomic mass is 10.0. The van der Waals surface area contributed by atoms with E-state index in [2.05, 4.69) is 5.32 Å². The quantitative estimate of drug-likeness (QED) is 0.621. The maximum Gasteiger partial charge on any atom is 0.255 e. The van der Waals surface area contributed by atoms with E-state index >= 15 is 0 Å². The normalized spacial score (nSPS) is 11.1. The fourth-order valence-electron chi connectivity index (χ4n) is 2.94. The Morgan fingerprint density at radius 2 is 1.76 bits per heavy atom. The van der Waals surface area contributed by atoms with Crippen LogP contribution < -0.4 is 10.1 Å². The zero-order valence-electron chi connectivity index (χ0n) is 16.0. The van der Waals surface area contributed by atoms with Crippen molar-refractivity contribution in [3.8, 4) is 5.75 Å². The van der Waals surface area contributed by atoms with Crippen LogP contribution in [-0.2, 0) is 16.3 Å². The number of anilines is 1. The lowest BCUT2D eigenvalue weighted by Crippen LogP contribution is -2.13. The van der Waals surface area contributed by atoms with Crippen LogP contribution in [0, 0.1) is 0 Å². The molecule has 1 amide bonds. The Labute approximate surface area is 175 Å². The summed E-state index contributed by atoms with van der Waals surface area (Å²) in [5.74, 6) is 0.292. The molecule has 3 aromatic rings. The third-order valence-corrected chi connectivity index (χ3v) is 5.95. The number of carbonyl (C=O) groups is 1. The van der Waals surface area contributed by atoms with E-state index in [1.165, 1.54) is 18.2 Å². The van der Waals surface area contributed by atoms with Gasteiger partial charge in [0.2, 0.25) is 0 Å². The van der Waals surface area contributed by atoms with Crippen molar-refractivity contribution in [2.45, 2.75) is 11.3 Å². The first-order valence-electron chi connectivity index (χ1n) is 8.80. The van der Waals surface area contributed by atoms with Gasteiger partial charge in [-0.3, -0.25) is 4.79 Å². The second-order valence-electron chi connectivity index (χ2n) is 6.56. The lowest BCUT2D eigenvalue weighted by molar-refractivity contribution is 0.102. The molecular weight excluding hydrogens is 410 g/mol. The molecule has 7 heteroatoms. The smallest absolute Gasteiger partial charge is 0.255 e. The van der Waals surface area contributed by atoms with E-state index < -0.39 is 15.7 Å². The van der Waals surface area contributed by atoms with Gasteiger partial charge in [-0.2, -0.15) is 0 Å². The molecule has 0 spiro atoms. The van der Waals surface area contributed by atoms with Crippen LogP contribution in [0.1, 0.15) is 21.5 Å². The van der Waals surface area contributed by atoms with Crippen molar-refractivity contribution in [1.82, 2.24) is 0 Å². The van der Waals surface area contributed by atoms with Crippen molar-refractivity contribution >= 4 is 33.0 Å². The molecule has 3 rings (SSSR count). The summed E-state index contributed by atoms with van der Waals surface area (Å²) in [4.78, 5) is 12.6. The van der Waals surface area contributed by atoms with Crippen molar-refractivity contribution in [3.05, 3.63) is 88.4 Å². The Bertz CT molecular complexity index is 1140. The average Bonchev–Trinajstić information content (AvgIpc) is 2.68. The van der Waals surface area contributed by atoms with E-state index in [4.69, 9.17) is 16.3 Å². The van der Waals surface area contributed by atoms with Gasteiger partial charge in [-0.25, -0.2) is 8.42 Å². The van der Waals surface area contributed by atoms with Gasteiger partial charge >= 0.3 is 0 Å². The zero-order valence-corrected chi connectivity index (χ0v) is 17.5. The summed E-state index contributed by atoms with van der Waals surface area (Å²) < 4.78 is 29.1. The summed E-state index contributed by atoms with van der Waals surface area (Å²) in [6, 6.07) is 19.5. The molecule has 0 aromatic heterocycles. The predicted octanol–water partition coefficient (Wildman–Crippen LogP) is 4.60. The molecule has 3 aromatic carbocycles. The Morgan fingerprint density at radius 1 is 1.03 bits per heavy atom. The fraction of sp³-hybridized carbons (Fsp3) is 0.136. The van der Waals surface area contributed by atoms with E-state index in [-0.39, 0.29) is 15.5 Å². The SMILES string of the molecule is COc1ccc(NC(=O)c2ccc(Cl)c(S(C)(=O)=O)c2)cc1Cc1ccccc1. The maximum absolute atomic E-state index is 12.6. The molecule has 0 aliphatic carbocycles. The minimum atomic E-state index is -3.54. The van der Waals surface area contributed by atoms with Crippen LogP contribution in [0.5, 0.6) is 5.75 Å². The van der Waals surface area contributed by atoms with Gasteiger partial charge in [0.15, 0.2) is 9.84 Å². The Morgan fingerprint density at radius 3 is 2.41 bits per heavy atom. The molecule has 0 fully saturated rings. The molecular formula is C22H20ClNO4S. The molecule has 0 radical (unpaired) electrons. The van der Waals surface area contributed by atoms with Crippen LogP contribution in [0.2, 0.25) is 5.02 Å². The highest BCUT2D eigenvalue weighted by Gasteiger charge is 2.16. The van der Waals surface area contributed by atoms with E-state index in [9.17, 15) is 13.2 Å². The monoisotopic (exact) mass is 429 g/mol. The van der Waals surface area contributed by atoms with Gasteiger partial charge in [-0.15, -0.1) is 0 Å². The van der Waals surface area contributed by atoms with Gasteiger partial charge in [0.25, 0.3) is 5.91 Å². The van der Waals surface area contributed by atoms with Crippen LogP contribution >= 0.6 is 11.6 Å². The molecule has 0 aliphatic rings. The maximum atomic E-state index is 12.6. The number of hydrogen-bond acceptors (Lipinski definition) is 4. The molecule has 1 N–H and O–H groups in total. The molecule has 0 bridgehead atoms. The molecule has 29 heavy (non-hydrogen) atoms. The van der Waals surface area contributed by atoms with Crippen LogP contribution in [-0.4, -0.2) is 27.7 Å². The van der Waals surface area contributed by atoms with Crippen molar-refractivity contribution in [2.24, 2.45) is 0 Å². The number of sulfone groups is 1. The highest BCUT2D eigenvalue weighted by molar-refractivity contribution is 7.90. The predicted molar refractivity (Wildman–Crippen MR) is 115 cm³/mol. The van der Waals surface area contributed by atoms with Gasteiger partial charge < -0.3 is 10.1 Å². The Hall–Kier alpha value is -2.83. The molecule has 0 saturated carbocycles. The third kappa shape index (κ3) is 5.16. The summed E-state index contributed by atoms with van der Waals surface area (Å²) in [7, 11) is -1.94. The summed E-state index contributed by atoms with van der Waals surface area (Å²) in [5, 5.41) is 2.88. The molecule has 150 valence electrons. The van der Waals surface area contributed by atoms with Crippen LogP contribution in [0.15, 0.2) is 71.6 Å². The molecule has 0 atom stereocenters. The number of ether oxygens (including phenoxy) is 1. The first-order valence-corrected chi connectivity index (χ1v) is 11.1. The van der Waals surface area contributed by atoms with Gasteiger partial charge in [0.1, 0.15) is 5.75 Å². The van der Waals surface area contributed by atoms with Crippen molar-refractivity contribution in [3.63, 3.8) is 0 Å². The van der Waals surface area contributed by atoms with Crippen molar-refractivity contribution in [1.29, 1.82) is 0 Å². The standard InChI is InChI=1S/C22H20ClNO4S/c1-28-20-11-9-18(13-17(20)12-15-6-4-3-5-7-15)24-22(25)16-8-10-19(23)21(14-16)29(2,26)27/h3-11,13-14H,12H2,1-2H3,(H,24,25). The van der Waals surface area contributed by atoms with Crippen LogP contribution in [0.4, 0.5) is 5.69 Å². The average molecular weight is 430 g/mol. The van der Waals surface area contributed by atoms with Crippen molar-refractivity contribution < 1.29 is 17.9 Å². The number of hydrogen-bond donors (Lipinski definition) is 1. The number of rotatable bonds is 6. The largest absolute Gasteiger partial charge is 0.496 e. The minimum Gasteiger partial charge on any atom is -0.496 e. The van der Waals surface area contributed by atoms with E-state index in [1.54, 1.807) is 19.2 Å². The first kappa shape index (κ1) is 20.9. The van der Waals surface area contributed by atoms with Gasteiger partial charge in [0.05, 0.1) is 17.0 Å². The van der Waals surface area contributed by atoms with E-state index in [1.807, 2.05) is 36.4 Å².